The molecule has 9 heteroatoms. The first-order chi connectivity index (χ1) is 17.9. The highest BCUT2D eigenvalue weighted by atomic mass is 28.3. The van der Waals surface area contributed by atoms with Crippen molar-refractivity contribution < 1.29 is 4.74 Å². The van der Waals surface area contributed by atoms with E-state index >= 15 is 0 Å². The van der Waals surface area contributed by atoms with Crippen LogP contribution in [0.2, 0.25) is 25.7 Å². The fraction of sp³-hybridized carbons (Fsp3) is 0.571. The summed E-state index contributed by atoms with van der Waals surface area (Å²) in [6.07, 6.45) is 16.2. The predicted molar refractivity (Wildman–Crippen MR) is 152 cm³/mol. The van der Waals surface area contributed by atoms with Gasteiger partial charge in [-0.05, 0) is 37.3 Å². The van der Waals surface area contributed by atoms with Crippen LogP contribution in [0.4, 0.5) is 5.82 Å². The number of nitrogens with zero attached hydrogens (tertiary/aromatic N) is 6. The van der Waals surface area contributed by atoms with Gasteiger partial charge < -0.3 is 14.6 Å². The van der Waals surface area contributed by atoms with Gasteiger partial charge in [-0.15, -0.1) is 0 Å². The van der Waals surface area contributed by atoms with Gasteiger partial charge in [0.1, 0.15) is 18.7 Å². The SMILES string of the molecule is CC/C=C/CNc1nn(C(CC#N)C2CCCC2)cc1-c1ncnc2c1ccn2COCC[Si](C)(C)C. The van der Waals surface area contributed by atoms with Gasteiger partial charge in [0.2, 0.25) is 0 Å². The molecule has 1 N–H and O–H groups in total. The van der Waals surface area contributed by atoms with E-state index in [1.54, 1.807) is 6.33 Å². The minimum absolute atomic E-state index is 0.0784. The molecule has 0 aliphatic heterocycles. The van der Waals surface area contributed by atoms with Gasteiger partial charge in [0.25, 0.3) is 0 Å². The lowest BCUT2D eigenvalue weighted by Gasteiger charge is -2.21. The summed E-state index contributed by atoms with van der Waals surface area (Å²) in [5.41, 5.74) is 2.64. The molecule has 37 heavy (non-hydrogen) atoms. The molecule has 3 aromatic heterocycles. The summed E-state index contributed by atoms with van der Waals surface area (Å²) in [5, 5.41) is 19.0. The Hall–Kier alpha value is -2.96. The second-order valence-electron chi connectivity index (χ2n) is 11.2. The maximum Gasteiger partial charge on any atom is 0.157 e. The quantitative estimate of drug-likeness (QED) is 0.155. The first-order valence-corrected chi connectivity index (χ1v) is 17.3. The molecule has 198 valence electrons. The minimum Gasteiger partial charge on any atom is -0.365 e. The molecule has 8 nitrogen and oxygen atoms in total. The van der Waals surface area contributed by atoms with Gasteiger partial charge in [-0.1, -0.05) is 51.6 Å². The topological polar surface area (TPSA) is 93.6 Å². The number of hydrogen-bond donors (Lipinski definition) is 1. The molecule has 0 bridgehead atoms. The van der Waals surface area contributed by atoms with Gasteiger partial charge in [-0.25, -0.2) is 9.97 Å². The van der Waals surface area contributed by atoms with E-state index < -0.39 is 8.07 Å². The zero-order chi connectivity index (χ0) is 26.3. The summed E-state index contributed by atoms with van der Waals surface area (Å²) < 4.78 is 10.1. The largest absolute Gasteiger partial charge is 0.365 e. The highest BCUT2D eigenvalue weighted by Crippen LogP contribution is 2.38. The molecule has 1 aliphatic carbocycles. The molecule has 4 rings (SSSR count). The molecular formula is C28H41N7OSi. The van der Waals surface area contributed by atoms with E-state index in [0.29, 0.717) is 25.6 Å². The third kappa shape index (κ3) is 6.87. The Kier molecular flexibility index (Phi) is 9.17. The van der Waals surface area contributed by atoms with Crippen LogP contribution in [0.5, 0.6) is 0 Å². The van der Waals surface area contributed by atoms with Gasteiger partial charge in [0.15, 0.2) is 5.82 Å². The summed E-state index contributed by atoms with van der Waals surface area (Å²) in [5.74, 6) is 1.28. The van der Waals surface area contributed by atoms with E-state index in [-0.39, 0.29) is 6.04 Å². The Balaban J connectivity index is 1.65. The van der Waals surface area contributed by atoms with Crippen molar-refractivity contribution in [3.63, 3.8) is 0 Å². The second kappa shape index (κ2) is 12.5. The van der Waals surface area contributed by atoms with Gasteiger partial charge in [0, 0.05) is 39.0 Å². The molecule has 0 aromatic carbocycles. The van der Waals surface area contributed by atoms with Crippen LogP contribution in [0.1, 0.15) is 51.5 Å². The summed E-state index contributed by atoms with van der Waals surface area (Å²) in [6, 6.07) is 5.68. The molecule has 1 unspecified atom stereocenters. The van der Waals surface area contributed by atoms with Crippen molar-refractivity contribution in [1.29, 1.82) is 5.26 Å². The molecule has 1 fully saturated rings. The first-order valence-electron chi connectivity index (χ1n) is 13.6. The van der Waals surface area contributed by atoms with Gasteiger partial charge in [-0.3, -0.25) is 4.68 Å². The Labute approximate surface area is 221 Å². The predicted octanol–water partition coefficient (Wildman–Crippen LogP) is 6.63. The number of rotatable bonds is 13. The number of nitrogens with one attached hydrogen (secondary N) is 1. The van der Waals surface area contributed by atoms with Crippen molar-refractivity contribution in [2.24, 2.45) is 5.92 Å². The molecule has 0 spiro atoms. The molecule has 0 saturated heterocycles. The molecule has 0 radical (unpaired) electrons. The molecule has 1 atom stereocenters. The number of fused-ring (bicyclic) bond motifs is 1. The van der Waals surface area contributed by atoms with E-state index in [1.165, 1.54) is 12.8 Å². The Morgan fingerprint density at radius 2 is 2.05 bits per heavy atom. The van der Waals surface area contributed by atoms with Crippen LogP contribution in [0, 0.1) is 17.2 Å². The molecule has 1 aliphatic rings. The molecule has 0 amide bonds. The smallest absolute Gasteiger partial charge is 0.157 e. The number of hydrogen-bond acceptors (Lipinski definition) is 6. The number of aromatic nitrogens is 5. The lowest BCUT2D eigenvalue weighted by molar-refractivity contribution is 0.0899. The summed E-state index contributed by atoms with van der Waals surface area (Å²) in [4.78, 5) is 9.29. The molecule has 1 saturated carbocycles. The first kappa shape index (κ1) is 27.1. The van der Waals surface area contributed by atoms with Crippen molar-refractivity contribution in [3.05, 3.63) is 36.9 Å². The molecule has 3 heterocycles. The van der Waals surface area contributed by atoms with Crippen LogP contribution in [0.15, 0.2) is 36.9 Å². The van der Waals surface area contributed by atoms with Crippen LogP contribution < -0.4 is 5.32 Å². The van der Waals surface area contributed by atoms with E-state index in [1.807, 2.05) is 15.4 Å². The van der Waals surface area contributed by atoms with Crippen molar-refractivity contribution in [2.75, 3.05) is 18.5 Å². The fourth-order valence-electron chi connectivity index (χ4n) is 5.05. The van der Waals surface area contributed by atoms with Gasteiger partial charge in [0.05, 0.1) is 29.8 Å². The molecular weight excluding hydrogens is 478 g/mol. The summed E-state index contributed by atoms with van der Waals surface area (Å²) >= 11 is 0. The van der Waals surface area contributed by atoms with Crippen molar-refractivity contribution in [2.45, 2.75) is 83.9 Å². The third-order valence-electron chi connectivity index (χ3n) is 7.14. The highest BCUT2D eigenvalue weighted by molar-refractivity contribution is 6.76. The summed E-state index contributed by atoms with van der Waals surface area (Å²) in [7, 11) is -1.13. The Morgan fingerprint density at radius 1 is 1.24 bits per heavy atom. The van der Waals surface area contributed by atoms with Crippen LogP contribution >= 0.6 is 0 Å². The Bertz CT molecular complexity index is 1230. The summed E-state index contributed by atoms with van der Waals surface area (Å²) in [6.45, 7) is 11.1. The van der Waals surface area contributed by atoms with Crippen molar-refractivity contribution >= 4 is 24.9 Å². The monoisotopic (exact) mass is 519 g/mol. The number of nitriles is 1. The zero-order valence-electron chi connectivity index (χ0n) is 22.8. The average molecular weight is 520 g/mol. The average Bonchev–Trinajstić information content (AvgIpc) is 3.63. The van der Waals surface area contributed by atoms with Crippen molar-refractivity contribution in [3.8, 4) is 17.3 Å². The number of allylic oxidation sites excluding steroid dienone is 1. The van der Waals surface area contributed by atoms with Gasteiger partial charge in [-0.2, -0.15) is 10.4 Å². The third-order valence-corrected chi connectivity index (χ3v) is 8.85. The van der Waals surface area contributed by atoms with E-state index in [9.17, 15) is 5.26 Å². The standard InChI is InChI=1S/C28H41N7OSi/c1-5-6-9-15-30-27-24(19-35(33-27)25(12-14-29)22-10-7-8-11-22)26-23-13-16-34(28(23)32-20-31-26)21-36-17-18-37(2,3)4/h6,9,13,16,19-20,22,25H,5,7-8,10-12,15,17-18,21H2,1-4H3,(H,30,33)/b9-6+. The minimum atomic E-state index is -1.13. The highest BCUT2D eigenvalue weighted by Gasteiger charge is 2.28. The number of anilines is 1. The number of ether oxygens (including phenoxy) is 1. The fourth-order valence-corrected chi connectivity index (χ4v) is 5.80. The van der Waals surface area contributed by atoms with Crippen LogP contribution in [-0.2, 0) is 11.5 Å². The van der Waals surface area contributed by atoms with E-state index in [2.05, 4.69) is 67.4 Å². The lowest BCUT2D eigenvalue weighted by Crippen LogP contribution is -2.22. The maximum absolute atomic E-state index is 9.58. The zero-order valence-corrected chi connectivity index (χ0v) is 23.8. The Morgan fingerprint density at radius 3 is 2.78 bits per heavy atom. The van der Waals surface area contributed by atoms with Crippen LogP contribution in [-0.4, -0.2) is 45.5 Å². The van der Waals surface area contributed by atoms with Gasteiger partial charge >= 0.3 is 0 Å². The molecule has 3 aromatic rings. The van der Waals surface area contributed by atoms with Crippen LogP contribution in [0.25, 0.3) is 22.3 Å². The van der Waals surface area contributed by atoms with E-state index in [4.69, 9.17) is 14.8 Å². The van der Waals surface area contributed by atoms with Crippen LogP contribution in [0.3, 0.4) is 0 Å². The lowest BCUT2D eigenvalue weighted by atomic mass is 9.96. The normalized spacial score (nSPS) is 15.5. The second-order valence-corrected chi connectivity index (χ2v) is 16.8. The van der Waals surface area contributed by atoms with Crippen molar-refractivity contribution in [1.82, 2.24) is 24.3 Å². The van der Waals surface area contributed by atoms with E-state index in [0.717, 1.165) is 60.0 Å². The maximum atomic E-state index is 9.58.